The summed E-state index contributed by atoms with van der Waals surface area (Å²) in [5.41, 5.74) is 14.9. The Morgan fingerprint density at radius 3 is 1.76 bits per heavy atom. The summed E-state index contributed by atoms with van der Waals surface area (Å²) in [4.78, 5) is 0. The van der Waals surface area contributed by atoms with Crippen LogP contribution in [0.5, 0.6) is 0 Å². The van der Waals surface area contributed by atoms with Crippen LogP contribution in [0.3, 0.4) is 0 Å². The normalized spacial score (nSPS) is 10.5. The molecule has 3 aromatic carbocycles. The van der Waals surface area contributed by atoms with Gasteiger partial charge in [0.15, 0.2) is 0 Å². The molecule has 3 heteroatoms. The van der Waals surface area contributed by atoms with Crippen LogP contribution in [-0.2, 0) is 6.42 Å². The third-order valence-corrected chi connectivity index (χ3v) is 4.35. The average Bonchev–Trinajstić information content (AvgIpc) is 2.61. The Morgan fingerprint density at radius 2 is 1.24 bits per heavy atom. The first-order valence-corrected chi connectivity index (χ1v) is 8.65. The van der Waals surface area contributed by atoms with Crippen molar-refractivity contribution in [2.24, 2.45) is 0 Å². The van der Waals surface area contributed by atoms with Crippen LogP contribution in [0.1, 0.15) is 23.6 Å². The third kappa shape index (κ3) is 3.94. The van der Waals surface area contributed by atoms with Gasteiger partial charge in [0.05, 0.1) is 11.4 Å². The molecule has 3 aromatic rings. The van der Waals surface area contributed by atoms with Gasteiger partial charge in [0.1, 0.15) is 0 Å². The molecule has 0 radical (unpaired) electrons. The van der Waals surface area contributed by atoms with Crippen LogP contribution < -0.4 is 16.4 Å². The average molecular weight is 331 g/mol. The molecule has 0 saturated carbocycles. The summed E-state index contributed by atoms with van der Waals surface area (Å²) in [5, 5.41) is 7.01. The van der Waals surface area contributed by atoms with Gasteiger partial charge in [-0.1, -0.05) is 42.3 Å². The zero-order valence-electron chi connectivity index (χ0n) is 15.1. The van der Waals surface area contributed by atoms with E-state index in [9.17, 15) is 0 Å². The lowest BCUT2D eigenvalue weighted by molar-refractivity contribution is 1.14. The highest BCUT2D eigenvalue weighted by molar-refractivity contribution is 5.83. The van der Waals surface area contributed by atoms with Gasteiger partial charge in [-0.15, -0.1) is 0 Å². The summed E-state index contributed by atoms with van der Waals surface area (Å²) in [6.07, 6.45) is 0.882. The molecule has 128 valence electrons. The van der Waals surface area contributed by atoms with E-state index in [0.717, 1.165) is 34.9 Å². The Labute approximate surface area is 149 Å². The standard InChI is InChI=1S/C22H25N3/c1-4-19-21(24-17-9-5-15(2)6-10-17)14-13-20(23)22(19)25-18-11-7-16(3)8-12-18/h5-14,24-25H,4,23H2,1-3H3. The van der Waals surface area contributed by atoms with Crippen molar-refractivity contribution in [3.63, 3.8) is 0 Å². The maximum Gasteiger partial charge on any atom is 0.0671 e. The van der Waals surface area contributed by atoms with E-state index >= 15 is 0 Å². The Balaban J connectivity index is 1.94. The molecule has 0 spiro atoms. The molecule has 0 aliphatic carbocycles. The number of rotatable bonds is 5. The molecule has 0 unspecified atom stereocenters. The number of benzene rings is 3. The predicted molar refractivity (Wildman–Crippen MR) is 109 cm³/mol. The van der Waals surface area contributed by atoms with Crippen molar-refractivity contribution in [2.45, 2.75) is 27.2 Å². The summed E-state index contributed by atoms with van der Waals surface area (Å²) < 4.78 is 0. The number of nitrogen functional groups attached to an aromatic ring is 1. The Bertz CT molecular complexity index is 850. The van der Waals surface area contributed by atoms with Gasteiger partial charge < -0.3 is 16.4 Å². The maximum absolute atomic E-state index is 6.27. The van der Waals surface area contributed by atoms with Crippen LogP contribution in [0.15, 0.2) is 60.7 Å². The Morgan fingerprint density at radius 1 is 0.720 bits per heavy atom. The van der Waals surface area contributed by atoms with Crippen molar-refractivity contribution >= 4 is 28.4 Å². The van der Waals surface area contributed by atoms with Crippen molar-refractivity contribution in [1.82, 2.24) is 0 Å². The van der Waals surface area contributed by atoms with Crippen LogP contribution in [0.4, 0.5) is 28.4 Å². The summed E-state index contributed by atoms with van der Waals surface area (Å²) in [7, 11) is 0. The molecule has 0 heterocycles. The highest BCUT2D eigenvalue weighted by Gasteiger charge is 2.11. The van der Waals surface area contributed by atoms with E-state index in [1.807, 2.05) is 12.1 Å². The molecular weight excluding hydrogens is 306 g/mol. The van der Waals surface area contributed by atoms with Crippen molar-refractivity contribution < 1.29 is 0 Å². The first-order valence-electron chi connectivity index (χ1n) is 8.65. The van der Waals surface area contributed by atoms with E-state index < -0.39 is 0 Å². The van der Waals surface area contributed by atoms with Crippen LogP contribution in [-0.4, -0.2) is 0 Å². The van der Waals surface area contributed by atoms with Gasteiger partial charge in [-0.25, -0.2) is 0 Å². The largest absolute Gasteiger partial charge is 0.397 e. The molecule has 3 nitrogen and oxygen atoms in total. The second kappa shape index (κ2) is 7.31. The molecule has 0 bridgehead atoms. The monoisotopic (exact) mass is 331 g/mol. The van der Waals surface area contributed by atoms with Crippen molar-refractivity contribution in [3.8, 4) is 0 Å². The number of nitrogens with one attached hydrogen (secondary N) is 2. The molecule has 4 N–H and O–H groups in total. The second-order valence-corrected chi connectivity index (χ2v) is 6.39. The van der Waals surface area contributed by atoms with Crippen LogP contribution >= 0.6 is 0 Å². The van der Waals surface area contributed by atoms with Gasteiger partial charge >= 0.3 is 0 Å². The van der Waals surface area contributed by atoms with E-state index in [-0.39, 0.29) is 0 Å². The number of anilines is 5. The summed E-state index contributed by atoms with van der Waals surface area (Å²) in [6.45, 7) is 6.32. The fourth-order valence-corrected chi connectivity index (χ4v) is 2.87. The summed E-state index contributed by atoms with van der Waals surface area (Å²) in [5.74, 6) is 0. The van der Waals surface area contributed by atoms with Gasteiger partial charge in [-0.05, 0) is 56.7 Å². The van der Waals surface area contributed by atoms with Crippen molar-refractivity contribution in [2.75, 3.05) is 16.4 Å². The fraction of sp³-hybridized carbons (Fsp3) is 0.182. The van der Waals surface area contributed by atoms with Gasteiger partial charge in [0.2, 0.25) is 0 Å². The zero-order valence-corrected chi connectivity index (χ0v) is 15.1. The lowest BCUT2D eigenvalue weighted by atomic mass is 10.0. The molecule has 0 saturated heterocycles. The van der Waals surface area contributed by atoms with Gasteiger partial charge in [0, 0.05) is 22.6 Å². The minimum Gasteiger partial charge on any atom is -0.397 e. The molecule has 25 heavy (non-hydrogen) atoms. The molecule has 0 aliphatic rings. The topological polar surface area (TPSA) is 50.1 Å². The Kier molecular flexibility index (Phi) is 4.94. The van der Waals surface area contributed by atoms with Crippen LogP contribution in [0.25, 0.3) is 0 Å². The SMILES string of the molecule is CCc1c(Nc2ccc(C)cc2)ccc(N)c1Nc1ccc(C)cc1. The molecule has 0 atom stereocenters. The smallest absolute Gasteiger partial charge is 0.0671 e. The highest BCUT2D eigenvalue weighted by atomic mass is 14.9. The second-order valence-electron chi connectivity index (χ2n) is 6.39. The lowest BCUT2D eigenvalue weighted by Gasteiger charge is -2.19. The van der Waals surface area contributed by atoms with E-state index in [4.69, 9.17) is 5.73 Å². The minimum absolute atomic E-state index is 0.756. The molecule has 0 amide bonds. The van der Waals surface area contributed by atoms with Gasteiger partial charge in [0.25, 0.3) is 0 Å². The summed E-state index contributed by atoms with van der Waals surface area (Å²) in [6, 6.07) is 20.8. The zero-order chi connectivity index (χ0) is 17.8. The highest BCUT2D eigenvalue weighted by Crippen LogP contribution is 2.35. The number of hydrogen-bond acceptors (Lipinski definition) is 3. The van der Waals surface area contributed by atoms with E-state index in [1.54, 1.807) is 0 Å². The van der Waals surface area contributed by atoms with Gasteiger partial charge in [-0.3, -0.25) is 0 Å². The lowest BCUT2D eigenvalue weighted by Crippen LogP contribution is -2.04. The van der Waals surface area contributed by atoms with Crippen molar-refractivity contribution in [3.05, 3.63) is 77.4 Å². The summed E-state index contributed by atoms with van der Waals surface area (Å²) >= 11 is 0. The molecule has 0 aliphatic heterocycles. The number of hydrogen-bond donors (Lipinski definition) is 3. The maximum atomic E-state index is 6.27. The predicted octanol–water partition coefficient (Wildman–Crippen LogP) is 5.94. The molecule has 3 rings (SSSR count). The molecule has 0 aromatic heterocycles. The quantitative estimate of drug-likeness (QED) is 0.507. The first-order chi connectivity index (χ1) is 12.1. The number of aryl methyl sites for hydroxylation is 2. The first kappa shape index (κ1) is 16.9. The van der Waals surface area contributed by atoms with Gasteiger partial charge in [-0.2, -0.15) is 0 Å². The van der Waals surface area contributed by atoms with E-state index in [2.05, 4.69) is 79.9 Å². The molecule has 0 fully saturated rings. The van der Waals surface area contributed by atoms with E-state index in [1.165, 1.54) is 16.7 Å². The Hall–Kier alpha value is -2.94. The van der Waals surface area contributed by atoms with Crippen LogP contribution in [0.2, 0.25) is 0 Å². The molecular formula is C22H25N3. The van der Waals surface area contributed by atoms with E-state index in [0.29, 0.717) is 0 Å². The number of nitrogens with two attached hydrogens (primary N) is 1. The van der Waals surface area contributed by atoms with Crippen molar-refractivity contribution in [1.29, 1.82) is 0 Å². The fourth-order valence-electron chi connectivity index (χ4n) is 2.87. The van der Waals surface area contributed by atoms with Crippen LogP contribution in [0, 0.1) is 13.8 Å². The third-order valence-electron chi connectivity index (χ3n) is 4.35. The minimum atomic E-state index is 0.756.